The molecule has 0 rings (SSSR count). The van der Waals surface area contributed by atoms with E-state index in [0.717, 1.165) is 0 Å². The van der Waals surface area contributed by atoms with Gasteiger partial charge in [0.2, 0.25) is 0 Å². The van der Waals surface area contributed by atoms with Gasteiger partial charge >= 0.3 is 0 Å². The minimum absolute atomic E-state index is 0.469. The third-order valence-corrected chi connectivity index (χ3v) is 1.81. The first kappa shape index (κ1) is 13.1. The Hall–Kier alpha value is -1.90. The molecule has 2 N–H and O–H groups in total. The summed E-state index contributed by atoms with van der Waals surface area (Å²) in [5, 5.41) is 0. The summed E-state index contributed by atoms with van der Waals surface area (Å²) >= 11 is 0. The van der Waals surface area contributed by atoms with Crippen molar-refractivity contribution in [1.82, 2.24) is 0 Å². The van der Waals surface area contributed by atoms with E-state index in [9.17, 15) is 0 Å². The molecule has 0 saturated heterocycles. The van der Waals surface area contributed by atoms with Crippen molar-refractivity contribution < 1.29 is 0 Å². The number of hydrogen-bond donors (Lipinski definition) is 1. The molecule has 0 radical (unpaired) electrons. The van der Waals surface area contributed by atoms with Crippen molar-refractivity contribution in [3.63, 3.8) is 0 Å². The van der Waals surface area contributed by atoms with Crippen LogP contribution in [0.25, 0.3) is 0 Å². The van der Waals surface area contributed by atoms with Gasteiger partial charge in [-0.2, -0.15) is 0 Å². The average molecular weight is 203 g/mol. The lowest BCUT2D eigenvalue weighted by Gasteiger charge is -2.06. The van der Waals surface area contributed by atoms with Crippen molar-refractivity contribution in [1.29, 1.82) is 0 Å². The summed E-state index contributed by atoms with van der Waals surface area (Å²) < 4.78 is 0. The Morgan fingerprint density at radius 3 is 2.40 bits per heavy atom. The van der Waals surface area contributed by atoms with Gasteiger partial charge < -0.3 is 5.73 Å². The minimum atomic E-state index is 0.469. The molecular formula is C12H17N3. The van der Waals surface area contributed by atoms with Crippen LogP contribution in [0.4, 0.5) is 0 Å². The molecule has 0 aliphatic rings. The minimum Gasteiger partial charge on any atom is -0.396 e. The zero-order valence-electron chi connectivity index (χ0n) is 9.16. The van der Waals surface area contributed by atoms with E-state index in [1.807, 2.05) is 0 Å². The molecule has 3 heteroatoms. The third kappa shape index (κ3) is 3.77. The van der Waals surface area contributed by atoms with E-state index < -0.39 is 0 Å². The summed E-state index contributed by atoms with van der Waals surface area (Å²) in [6, 6.07) is 0. The van der Waals surface area contributed by atoms with E-state index in [4.69, 9.17) is 5.73 Å². The van der Waals surface area contributed by atoms with E-state index >= 15 is 0 Å². The Morgan fingerprint density at radius 1 is 1.40 bits per heavy atom. The number of rotatable bonds is 6. The molecule has 0 atom stereocenters. The second-order valence-corrected chi connectivity index (χ2v) is 2.86. The highest BCUT2D eigenvalue weighted by atomic mass is 14.8. The molecule has 15 heavy (non-hydrogen) atoms. The maximum absolute atomic E-state index is 5.86. The normalized spacial score (nSPS) is 12.7. The van der Waals surface area contributed by atoms with Crippen molar-refractivity contribution in [3.8, 4) is 0 Å². The fraction of sp³-hybridized carbons (Fsp3) is 0.167. The van der Waals surface area contributed by atoms with Crippen molar-refractivity contribution in [2.45, 2.75) is 6.92 Å². The van der Waals surface area contributed by atoms with Gasteiger partial charge in [-0.05, 0) is 19.2 Å². The second-order valence-electron chi connectivity index (χ2n) is 2.86. The summed E-state index contributed by atoms with van der Waals surface area (Å²) in [7, 11) is 0. The van der Waals surface area contributed by atoms with Crippen LogP contribution < -0.4 is 5.73 Å². The van der Waals surface area contributed by atoms with E-state index in [-0.39, 0.29) is 0 Å². The zero-order valence-corrected chi connectivity index (χ0v) is 9.16. The lowest BCUT2D eigenvalue weighted by Crippen LogP contribution is -2.12. The van der Waals surface area contributed by atoms with Gasteiger partial charge in [0.15, 0.2) is 0 Å². The summed E-state index contributed by atoms with van der Waals surface area (Å²) in [4.78, 5) is 8.00. The molecule has 0 aliphatic carbocycles. The quantitative estimate of drug-likeness (QED) is 0.402. The number of allylic oxidation sites excluding steroid dienone is 2. The van der Waals surface area contributed by atoms with Crippen LogP contribution in [0.3, 0.4) is 0 Å². The van der Waals surface area contributed by atoms with Gasteiger partial charge in [0.25, 0.3) is 0 Å². The number of nitrogens with zero attached hydrogens (tertiary/aromatic N) is 2. The second kappa shape index (κ2) is 6.54. The highest BCUT2D eigenvalue weighted by molar-refractivity contribution is 5.98. The molecule has 0 aromatic rings. The van der Waals surface area contributed by atoms with E-state index in [1.165, 1.54) is 0 Å². The molecule has 0 heterocycles. The summed E-state index contributed by atoms with van der Waals surface area (Å²) in [5.74, 6) is 0. The Balaban J connectivity index is 5.19. The largest absolute Gasteiger partial charge is 0.396 e. The average Bonchev–Trinajstić information content (AvgIpc) is 2.26. The molecule has 0 aromatic heterocycles. The van der Waals surface area contributed by atoms with Gasteiger partial charge in [0.1, 0.15) is 0 Å². The highest BCUT2D eigenvalue weighted by Crippen LogP contribution is 2.13. The van der Waals surface area contributed by atoms with Gasteiger partial charge in [0, 0.05) is 0 Å². The van der Waals surface area contributed by atoms with Gasteiger partial charge in [-0.3, -0.25) is 9.98 Å². The molecular weight excluding hydrogens is 186 g/mol. The van der Waals surface area contributed by atoms with Gasteiger partial charge in [-0.15, -0.1) is 6.58 Å². The van der Waals surface area contributed by atoms with Gasteiger partial charge in [0.05, 0.1) is 23.7 Å². The third-order valence-electron chi connectivity index (χ3n) is 1.81. The molecule has 0 spiro atoms. The zero-order chi connectivity index (χ0) is 11.8. The van der Waals surface area contributed by atoms with Crippen LogP contribution in [-0.4, -0.2) is 19.0 Å². The lowest BCUT2D eigenvalue weighted by atomic mass is 10.1. The molecule has 3 nitrogen and oxygen atoms in total. The van der Waals surface area contributed by atoms with E-state index in [2.05, 4.69) is 36.4 Å². The molecule has 0 saturated carbocycles. The molecule has 0 aliphatic heterocycles. The van der Waals surface area contributed by atoms with E-state index in [0.29, 0.717) is 29.2 Å². The maximum atomic E-state index is 5.86. The fourth-order valence-electron chi connectivity index (χ4n) is 0.914. The Morgan fingerprint density at radius 2 is 2.00 bits per heavy atom. The summed E-state index contributed by atoms with van der Waals surface area (Å²) in [6.45, 7) is 16.7. The molecule has 80 valence electrons. The number of aliphatic imine (C=N–C) groups is 2. The molecule has 0 aromatic carbocycles. The van der Waals surface area contributed by atoms with Crippen LogP contribution in [0.1, 0.15) is 6.92 Å². The molecule has 0 unspecified atom stereocenters. The van der Waals surface area contributed by atoms with Crippen LogP contribution in [-0.2, 0) is 0 Å². The van der Waals surface area contributed by atoms with Gasteiger partial charge in [-0.1, -0.05) is 25.3 Å². The van der Waals surface area contributed by atoms with Crippen molar-refractivity contribution in [2.75, 3.05) is 6.54 Å². The maximum Gasteiger partial charge on any atom is 0.0936 e. The molecule has 0 amide bonds. The highest BCUT2D eigenvalue weighted by Gasteiger charge is 2.05. The van der Waals surface area contributed by atoms with Crippen molar-refractivity contribution in [2.24, 2.45) is 15.7 Å². The molecule has 0 bridgehead atoms. The van der Waals surface area contributed by atoms with Crippen LogP contribution in [0.5, 0.6) is 0 Å². The smallest absolute Gasteiger partial charge is 0.0936 e. The summed E-state index contributed by atoms with van der Waals surface area (Å²) in [6.07, 6.45) is 3.28. The monoisotopic (exact) mass is 203 g/mol. The molecule has 0 fully saturated rings. The fourth-order valence-corrected chi connectivity index (χ4v) is 0.914. The van der Waals surface area contributed by atoms with Crippen LogP contribution in [0, 0.1) is 0 Å². The van der Waals surface area contributed by atoms with Crippen LogP contribution >= 0.6 is 0 Å². The topological polar surface area (TPSA) is 50.7 Å². The van der Waals surface area contributed by atoms with Crippen molar-refractivity contribution in [3.05, 3.63) is 48.9 Å². The SMILES string of the molecule is C=CC/N=C(C)\C(N)=C(/N=C)C(=C)C=C. The van der Waals surface area contributed by atoms with Crippen LogP contribution in [0.15, 0.2) is 58.8 Å². The first-order valence-corrected chi connectivity index (χ1v) is 4.49. The Bertz CT molecular complexity index is 346. The first-order valence-electron chi connectivity index (χ1n) is 4.49. The van der Waals surface area contributed by atoms with Gasteiger partial charge in [-0.25, -0.2) is 0 Å². The number of nitrogens with two attached hydrogens (primary N) is 1. The Labute approximate surface area is 91.1 Å². The standard InChI is InChI=1S/C12H17N3/c1-6-8-15-10(4)11(13)12(14-5)9(3)7-2/h6-7H,1-3,5,8,13H2,4H3/b12-11+,15-10-. The first-order chi connectivity index (χ1) is 7.08. The number of hydrogen-bond acceptors (Lipinski definition) is 3. The van der Waals surface area contributed by atoms with E-state index in [1.54, 1.807) is 19.1 Å². The summed E-state index contributed by atoms with van der Waals surface area (Å²) in [5.41, 5.74) is 8.18. The lowest BCUT2D eigenvalue weighted by molar-refractivity contribution is 1.20. The van der Waals surface area contributed by atoms with Crippen molar-refractivity contribution >= 4 is 12.4 Å². The predicted octanol–water partition coefficient (Wildman–Crippen LogP) is 2.25. The Kier molecular flexibility index (Phi) is 5.71. The predicted molar refractivity (Wildman–Crippen MR) is 68.3 cm³/mol. The van der Waals surface area contributed by atoms with Crippen LogP contribution in [0.2, 0.25) is 0 Å².